The van der Waals surface area contributed by atoms with E-state index in [1.165, 1.54) is 61.9 Å². The molecule has 13 nitrogen and oxygen atoms in total. The van der Waals surface area contributed by atoms with E-state index >= 15 is 0 Å². The van der Waals surface area contributed by atoms with E-state index in [1.807, 2.05) is 79.8 Å². The average Bonchev–Trinajstić information content (AvgIpc) is 4.39. The van der Waals surface area contributed by atoms with Gasteiger partial charge in [-0.15, -0.1) is 0 Å². The number of halogens is 2. The maximum Gasteiger partial charge on any atom is 0.454 e. The van der Waals surface area contributed by atoms with Crippen molar-refractivity contribution >= 4 is 77.4 Å². The van der Waals surface area contributed by atoms with Gasteiger partial charge in [0.2, 0.25) is 20.0 Å². The van der Waals surface area contributed by atoms with Gasteiger partial charge in [0.25, 0.3) is 0 Å². The number of benzene rings is 4. The maximum atomic E-state index is 12.4. The molecule has 3 saturated carbocycles. The topological polar surface area (TPSA) is 181 Å². The van der Waals surface area contributed by atoms with Gasteiger partial charge in [0.15, 0.2) is 6.71 Å². The molecule has 4 fully saturated rings. The second-order valence-corrected chi connectivity index (χ2v) is 27.0. The van der Waals surface area contributed by atoms with Gasteiger partial charge in [0, 0.05) is 42.7 Å². The van der Waals surface area contributed by atoms with E-state index in [4.69, 9.17) is 10.0 Å². The summed E-state index contributed by atoms with van der Waals surface area (Å²) in [4.78, 5) is 13.1. The molecular formula is C57H73B2Br2N7O6S2. The molecular weight excluding hydrogens is 1120 g/mol. The van der Waals surface area contributed by atoms with Crippen LogP contribution in [0, 0.1) is 10.8 Å². The van der Waals surface area contributed by atoms with E-state index in [0.717, 1.165) is 89.7 Å². The summed E-state index contributed by atoms with van der Waals surface area (Å²) in [5.74, 6) is 0.213. The smallest absolute Gasteiger partial charge is 0.427 e. The fourth-order valence-corrected chi connectivity index (χ4v) is 11.5. The van der Waals surface area contributed by atoms with Gasteiger partial charge in [-0.2, -0.15) is 0 Å². The normalized spacial score (nSPS) is 17.2. The monoisotopic (exact) mass is 1200 g/mol. The van der Waals surface area contributed by atoms with Gasteiger partial charge in [0.1, 0.15) is 9.21 Å². The Hall–Kier alpha value is -4.46. The van der Waals surface area contributed by atoms with Gasteiger partial charge >= 0.3 is 7.12 Å². The quantitative estimate of drug-likeness (QED) is 0.0579. The van der Waals surface area contributed by atoms with Crippen LogP contribution in [0.1, 0.15) is 107 Å². The second kappa shape index (κ2) is 26.5. The van der Waals surface area contributed by atoms with Crippen LogP contribution in [0.4, 0.5) is 0 Å². The van der Waals surface area contributed by atoms with Gasteiger partial charge < -0.3 is 19.2 Å². The molecule has 1 saturated heterocycles. The first-order chi connectivity index (χ1) is 36.2. The van der Waals surface area contributed by atoms with Crippen molar-refractivity contribution in [3.8, 4) is 11.3 Å². The first kappa shape index (κ1) is 59.2. The molecule has 404 valence electrons. The molecule has 0 radical (unpaired) electrons. The Morgan fingerprint density at radius 1 is 0.658 bits per heavy atom. The lowest BCUT2D eigenvalue weighted by Gasteiger charge is -2.35. The van der Waals surface area contributed by atoms with Crippen molar-refractivity contribution < 1.29 is 26.9 Å². The number of aliphatic imine (C=N–C) groups is 1. The summed E-state index contributed by atoms with van der Waals surface area (Å²) < 4.78 is 60.4. The van der Waals surface area contributed by atoms with Crippen LogP contribution in [0.15, 0.2) is 152 Å². The van der Waals surface area contributed by atoms with Crippen LogP contribution in [-0.4, -0.2) is 80.1 Å². The minimum atomic E-state index is -3.49. The van der Waals surface area contributed by atoms with Crippen LogP contribution in [0.5, 0.6) is 0 Å². The van der Waals surface area contributed by atoms with Crippen molar-refractivity contribution in [2.75, 3.05) is 14.1 Å². The Bertz CT molecular complexity index is 3120. The number of hydrogen-bond acceptors (Lipinski definition) is 9. The number of aryl methyl sites for hydroxylation is 4. The zero-order valence-corrected chi connectivity index (χ0v) is 49.4. The van der Waals surface area contributed by atoms with Crippen LogP contribution in [0.25, 0.3) is 11.3 Å². The lowest BCUT2D eigenvalue weighted by Crippen LogP contribution is -2.33. The van der Waals surface area contributed by atoms with Crippen LogP contribution in [0.2, 0.25) is 18.5 Å². The molecule has 19 heteroatoms. The highest BCUT2D eigenvalue weighted by atomic mass is 79.9. The summed E-state index contributed by atoms with van der Waals surface area (Å²) in [5, 5.41) is 16.5. The zero-order chi connectivity index (χ0) is 54.7. The van der Waals surface area contributed by atoms with Gasteiger partial charge in [0.05, 0.1) is 28.1 Å². The molecule has 4 N–H and O–H groups in total. The summed E-state index contributed by atoms with van der Waals surface area (Å²) in [6, 6.07) is 33.1. The first-order valence-corrected chi connectivity index (χ1v) is 30.9. The molecule has 0 bridgehead atoms. The third kappa shape index (κ3) is 17.0. The zero-order valence-electron chi connectivity index (χ0n) is 44.6. The minimum absolute atomic E-state index is 0.213. The number of sulfonamides is 2. The van der Waals surface area contributed by atoms with Crippen molar-refractivity contribution in [1.82, 2.24) is 28.5 Å². The predicted octanol–water partition coefficient (Wildman–Crippen LogP) is 11.0. The number of allylic oxidation sites excluding steroid dienone is 1. The molecule has 0 atom stereocenters. The molecule has 4 aromatic carbocycles. The lowest BCUT2D eigenvalue weighted by atomic mass is 9.41. The molecule has 4 heterocycles. The summed E-state index contributed by atoms with van der Waals surface area (Å²) >= 11 is 6.50. The van der Waals surface area contributed by atoms with Crippen LogP contribution >= 0.6 is 31.9 Å². The Labute approximate surface area is 469 Å². The van der Waals surface area contributed by atoms with E-state index in [-0.39, 0.29) is 21.5 Å². The molecule has 0 spiro atoms. The molecule has 11 rings (SSSR count). The van der Waals surface area contributed by atoms with E-state index in [0.29, 0.717) is 17.7 Å². The van der Waals surface area contributed by atoms with Crippen LogP contribution < -0.4 is 14.9 Å². The van der Waals surface area contributed by atoms with Crippen molar-refractivity contribution in [1.29, 1.82) is 0 Å². The third-order valence-corrected chi connectivity index (χ3v) is 19.0. The fourth-order valence-electron chi connectivity index (χ4n) is 9.36. The van der Waals surface area contributed by atoms with E-state index in [2.05, 4.69) is 129 Å². The van der Waals surface area contributed by atoms with E-state index in [1.54, 1.807) is 18.2 Å². The molecule has 0 unspecified atom stereocenters. The van der Waals surface area contributed by atoms with Gasteiger partial charge in [-0.1, -0.05) is 137 Å². The molecule has 2 aliphatic heterocycles. The maximum absolute atomic E-state index is 12.4. The number of rotatable bonds is 15. The van der Waals surface area contributed by atoms with Gasteiger partial charge in [-0.05, 0) is 161 Å². The van der Waals surface area contributed by atoms with Crippen LogP contribution in [0.3, 0.4) is 0 Å². The van der Waals surface area contributed by atoms with E-state index < -0.39 is 27.2 Å². The highest BCUT2D eigenvalue weighted by Gasteiger charge is 2.48. The lowest BCUT2D eigenvalue weighted by molar-refractivity contribution is 0.177. The number of imidazole rings is 2. The minimum Gasteiger partial charge on any atom is -0.427 e. The van der Waals surface area contributed by atoms with Crippen molar-refractivity contribution in [2.24, 2.45) is 15.8 Å². The molecule has 6 aromatic rings. The Morgan fingerprint density at radius 2 is 1.16 bits per heavy atom. The molecule has 76 heavy (non-hydrogen) atoms. The molecule has 5 aliphatic rings. The molecule has 3 aliphatic carbocycles. The van der Waals surface area contributed by atoms with Gasteiger partial charge in [-0.25, -0.2) is 36.2 Å². The largest absolute Gasteiger partial charge is 0.454 e. The average molecular weight is 1200 g/mol. The highest BCUT2D eigenvalue weighted by molar-refractivity contribution is 9.11. The Balaban J connectivity index is 0.000000160. The molecule has 2 aromatic heterocycles. The van der Waals surface area contributed by atoms with Gasteiger partial charge in [-0.3, -0.25) is 4.99 Å². The van der Waals surface area contributed by atoms with Crippen LogP contribution in [-0.2, 0) is 45.7 Å². The fraction of sp³-hybridized carbons (Fsp3) is 0.421. The summed E-state index contributed by atoms with van der Waals surface area (Å²) in [6.07, 6.45) is 25.5. The number of nitrogens with one attached hydrogen (secondary N) is 2. The van der Waals surface area contributed by atoms with Crippen molar-refractivity contribution in [2.45, 2.75) is 139 Å². The highest BCUT2D eigenvalue weighted by Crippen LogP contribution is 2.53. The standard InChI is InChI=1S/C23H32BNO2S.C21H23N3O2S.C6H7BrN2.C4H4BrN.C3H7BO2/c1-22(2)16-24(17-23(22,3)4)21-15-20(28(26,27)25-5)14-13-19(21)12-11-18-9-7-6-8-10-18;1-22-27(25,26)19-12-9-17(8-7-16-5-3-2-4-6-16)20(13-19)21-14-24(15-23-21)18-10-11-18;7-6-3-9(4-8-6)5-1-2-5;5-4-2-1-3-6-4;5-4(6)3-1-2-3/h6-10,13-15,25H,11-12,16-17H2,1-5H3;2-6,9,12-15,18,22H,7-8,10-11H2,1H3;3-5H,1-2H2;2-3H,1H2;3,5-6H,1-2H2. The summed E-state index contributed by atoms with van der Waals surface area (Å²) in [5.41, 5.74) is 8.35. The Morgan fingerprint density at radius 3 is 1.58 bits per heavy atom. The van der Waals surface area contributed by atoms with E-state index in [9.17, 15) is 16.8 Å². The first-order valence-electron chi connectivity index (χ1n) is 26.4. The number of aromatic nitrogens is 4. The SMILES string of the molecule is BrC1=CCC=N1.Brc1cn(C2CC2)cn1.CNS(=O)(=O)c1ccc(CCc2ccccc2)c(-c2cn(C3CC3)cn2)c1.CNS(=O)(=O)c1ccc(CCc2ccccc2)c(B2CC(C)(C)C(C)(C)C2)c1.OB(O)C1CC1. The summed E-state index contributed by atoms with van der Waals surface area (Å²) in [6.45, 7) is 9.74. The number of hydrogen-bond donors (Lipinski definition) is 4. The van der Waals surface area contributed by atoms with Crippen molar-refractivity contribution in [3.63, 3.8) is 0 Å². The van der Waals surface area contributed by atoms with Crippen molar-refractivity contribution in [3.05, 3.63) is 160 Å². The third-order valence-electron chi connectivity index (χ3n) is 15.2. The second-order valence-electron chi connectivity index (χ2n) is 21.6. The predicted molar refractivity (Wildman–Crippen MR) is 317 cm³/mol. The number of nitrogens with zero attached hydrogens (tertiary/aromatic N) is 5. The molecule has 0 amide bonds. The Kier molecular flexibility index (Phi) is 20.6. The summed E-state index contributed by atoms with van der Waals surface area (Å²) in [7, 11) is -5.07.